The molecule has 1 aliphatic heterocycles. The van der Waals surface area contributed by atoms with E-state index in [0.717, 1.165) is 11.3 Å². The zero-order valence-electron chi connectivity index (χ0n) is 13.9. The first-order valence-corrected chi connectivity index (χ1v) is 9.41. The van der Waals surface area contributed by atoms with Gasteiger partial charge in [0.2, 0.25) is 5.16 Å². The summed E-state index contributed by atoms with van der Waals surface area (Å²) < 4.78 is 7.14. The third kappa shape index (κ3) is 3.04. The van der Waals surface area contributed by atoms with Gasteiger partial charge in [0.1, 0.15) is 11.5 Å². The van der Waals surface area contributed by atoms with Crippen LogP contribution in [0.15, 0.2) is 52.7 Å². The van der Waals surface area contributed by atoms with Crippen molar-refractivity contribution in [1.82, 2.24) is 14.9 Å². The van der Waals surface area contributed by atoms with Crippen LogP contribution >= 0.6 is 23.4 Å². The maximum atomic E-state index is 10.1. The minimum atomic E-state index is 0.138. The average Bonchev–Trinajstić information content (AvgIpc) is 3.07. The number of rotatable bonds is 4. The van der Waals surface area contributed by atoms with Gasteiger partial charge in [-0.2, -0.15) is 9.78 Å². The van der Waals surface area contributed by atoms with Gasteiger partial charge in [-0.3, -0.25) is 0 Å². The van der Waals surface area contributed by atoms with Gasteiger partial charge in [0.15, 0.2) is 5.82 Å². The number of benzene rings is 2. The van der Waals surface area contributed by atoms with Gasteiger partial charge in [-0.15, -0.1) is 10.2 Å². The molecule has 0 unspecified atom stereocenters. The summed E-state index contributed by atoms with van der Waals surface area (Å²) in [6.45, 7) is 2.48. The summed E-state index contributed by atoms with van der Waals surface area (Å²) in [6, 6.07) is 12.6. The molecule has 0 aliphatic carbocycles. The Morgan fingerprint density at radius 1 is 1.23 bits per heavy atom. The summed E-state index contributed by atoms with van der Waals surface area (Å²) in [5.41, 5.74) is 2.35. The smallest absolute Gasteiger partial charge is 0.212 e. The van der Waals surface area contributed by atoms with Crippen molar-refractivity contribution in [3.63, 3.8) is 0 Å². The monoisotopic (exact) mass is 386 g/mol. The van der Waals surface area contributed by atoms with Gasteiger partial charge in [-0.05, 0) is 37.3 Å². The third-order valence-electron chi connectivity index (χ3n) is 3.88. The molecular formula is C18H15ClN4O2S. The zero-order chi connectivity index (χ0) is 18.1. The van der Waals surface area contributed by atoms with Crippen LogP contribution in [0.3, 0.4) is 0 Å². The van der Waals surface area contributed by atoms with Crippen LogP contribution in [0, 0.1) is 0 Å². The molecule has 0 spiro atoms. The van der Waals surface area contributed by atoms with Crippen LogP contribution in [-0.4, -0.2) is 38.1 Å². The van der Waals surface area contributed by atoms with Crippen LogP contribution in [0.1, 0.15) is 12.5 Å². The summed E-state index contributed by atoms with van der Waals surface area (Å²) in [5, 5.41) is 24.4. The minimum Gasteiger partial charge on any atom is -0.507 e. The van der Waals surface area contributed by atoms with Crippen LogP contribution < -0.4 is 4.74 Å². The lowest BCUT2D eigenvalue weighted by atomic mass is 10.1. The molecule has 2 heterocycles. The number of aromatic nitrogens is 3. The highest BCUT2D eigenvalue weighted by molar-refractivity contribution is 7.99. The molecule has 0 bridgehead atoms. The fourth-order valence-corrected chi connectivity index (χ4v) is 3.73. The van der Waals surface area contributed by atoms with Crippen molar-refractivity contribution < 1.29 is 9.84 Å². The molecule has 0 atom stereocenters. The van der Waals surface area contributed by atoms with E-state index in [4.69, 9.17) is 16.3 Å². The van der Waals surface area contributed by atoms with E-state index in [2.05, 4.69) is 15.3 Å². The molecule has 0 amide bonds. The van der Waals surface area contributed by atoms with E-state index in [1.165, 1.54) is 11.8 Å². The number of ether oxygens (including phenoxy) is 1. The average molecular weight is 387 g/mol. The predicted octanol–water partition coefficient (Wildman–Crippen LogP) is 4.06. The fourth-order valence-electron chi connectivity index (χ4n) is 2.65. The van der Waals surface area contributed by atoms with Crippen LogP contribution in [-0.2, 0) is 0 Å². The Morgan fingerprint density at radius 2 is 2.08 bits per heavy atom. The summed E-state index contributed by atoms with van der Waals surface area (Å²) in [7, 11) is 0. The van der Waals surface area contributed by atoms with Gasteiger partial charge in [0.25, 0.3) is 0 Å². The molecule has 132 valence electrons. The first kappa shape index (κ1) is 16.9. The summed E-state index contributed by atoms with van der Waals surface area (Å²) in [4.78, 5) is 0. The number of nitrogens with zero attached hydrogens (tertiary/aromatic N) is 4. The normalized spacial score (nSPS) is 13.2. The van der Waals surface area contributed by atoms with Crippen molar-refractivity contribution in [2.24, 2.45) is 5.10 Å². The molecule has 1 N–H and O–H groups in total. The molecular weight excluding hydrogens is 372 g/mol. The van der Waals surface area contributed by atoms with Crippen molar-refractivity contribution in [3.8, 4) is 22.9 Å². The number of thioether (sulfide) groups is 1. The number of hydrogen-bond acceptors (Lipinski definition) is 6. The molecule has 6 nitrogen and oxygen atoms in total. The largest absolute Gasteiger partial charge is 0.507 e. The van der Waals surface area contributed by atoms with Crippen LogP contribution in [0.2, 0.25) is 5.02 Å². The van der Waals surface area contributed by atoms with Gasteiger partial charge < -0.3 is 9.84 Å². The zero-order valence-corrected chi connectivity index (χ0v) is 15.5. The van der Waals surface area contributed by atoms with E-state index in [0.29, 0.717) is 39.7 Å². The third-order valence-corrected chi connectivity index (χ3v) is 5.11. The second-order valence-electron chi connectivity index (χ2n) is 5.55. The van der Waals surface area contributed by atoms with Gasteiger partial charge in [0, 0.05) is 11.3 Å². The lowest BCUT2D eigenvalue weighted by molar-refractivity contribution is 0.340. The lowest BCUT2D eigenvalue weighted by Gasteiger charge is -2.15. The predicted molar refractivity (Wildman–Crippen MR) is 102 cm³/mol. The van der Waals surface area contributed by atoms with Crippen LogP contribution in [0.4, 0.5) is 0 Å². The number of halogens is 1. The maximum absolute atomic E-state index is 10.1. The summed E-state index contributed by atoms with van der Waals surface area (Å²) in [6.07, 6.45) is 0. The highest BCUT2D eigenvalue weighted by Gasteiger charge is 2.22. The lowest BCUT2D eigenvalue weighted by Crippen LogP contribution is -2.14. The Kier molecular flexibility index (Phi) is 4.57. The highest BCUT2D eigenvalue weighted by atomic mass is 35.5. The second kappa shape index (κ2) is 7.01. The molecule has 3 aromatic rings. The van der Waals surface area contributed by atoms with Gasteiger partial charge >= 0.3 is 0 Å². The molecule has 1 aliphatic rings. The Labute approximate surface area is 159 Å². The van der Waals surface area contributed by atoms with E-state index in [9.17, 15) is 5.11 Å². The Morgan fingerprint density at radius 3 is 2.85 bits per heavy atom. The maximum Gasteiger partial charge on any atom is 0.212 e. The van der Waals surface area contributed by atoms with Crippen molar-refractivity contribution in [1.29, 1.82) is 0 Å². The molecule has 1 aromatic heterocycles. The number of aromatic hydroxyl groups is 1. The minimum absolute atomic E-state index is 0.138. The molecule has 0 saturated heterocycles. The molecule has 26 heavy (non-hydrogen) atoms. The first-order valence-electron chi connectivity index (χ1n) is 8.04. The number of phenolic OH excluding ortho intramolecular Hbond substituents is 1. The Hall–Kier alpha value is -2.51. The SMILES string of the molecule is CCOc1ccc(C2=Nn3c(nnc3-c3ccccc3O)SC2)cc1Cl. The van der Waals surface area contributed by atoms with E-state index < -0.39 is 0 Å². The van der Waals surface area contributed by atoms with Gasteiger partial charge in [-0.1, -0.05) is 35.5 Å². The van der Waals surface area contributed by atoms with E-state index in [-0.39, 0.29) is 5.75 Å². The van der Waals surface area contributed by atoms with Crippen molar-refractivity contribution in [2.45, 2.75) is 12.1 Å². The molecule has 2 aromatic carbocycles. The van der Waals surface area contributed by atoms with Crippen molar-refractivity contribution in [3.05, 3.63) is 53.1 Å². The molecule has 8 heteroatoms. The number of hydrogen-bond donors (Lipinski definition) is 1. The quantitative estimate of drug-likeness (QED) is 0.732. The highest BCUT2D eigenvalue weighted by Crippen LogP contribution is 2.33. The molecule has 0 saturated carbocycles. The number of fused-ring (bicyclic) bond motifs is 1. The number of para-hydroxylation sites is 1. The van der Waals surface area contributed by atoms with E-state index in [1.807, 2.05) is 31.2 Å². The second-order valence-corrected chi connectivity index (χ2v) is 6.90. The van der Waals surface area contributed by atoms with Crippen LogP contribution in [0.5, 0.6) is 11.5 Å². The summed E-state index contributed by atoms with van der Waals surface area (Å²) >= 11 is 7.84. The Balaban J connectivity index is 1.75. The fraction of sp³-hybridized carbons (Fsp3) is 0.167. The first-order chi connectivity index (χ1) is 12.7. The van der Waals surface area contributed by atoms with Crippen molar-refractivity contribution in [2.75, 3.05) is 12.4 Å². The van der Waals surface area contributed by atoms with Crippen molar-refractivity contribution >= 4 is 29.1 Å². The molecule has 4 rings (SSSR count). The summed E-state index contributed by atoms with van der Waals surface area (Å²) in [5.74, 6) is 1.95. The van der Waals surface area contributed by atoms with E-state index >= 15 is 0 Å². The standard InChI is InChI=1S/C18H15ClN4O2S/c1-2-25-16-8-7-11(9-13(16)19)14-10-26-18-21-20-17(23(18)22-14)12-5-3-4-6-15(12)24/h3-9,24H,2,10H2,1H3. The number of phenols is 1. The molecule has 0 radical (unpaired) electrons. The topological polar surface area (TPSA) is 72.5 Å². The van der Waals surface area contributed by atoms with Gasteiger partial charge in [-0.25, -0.2) is 0 Å². The Bertz CT molecular complexity index is 1000. The van der Waals surface area contributed by atoms with E-state index in [1.54, 1.807) is 22.9 Å². The van der Waals surface area contributed by atoms with Gasteiger partial charge in [0.05, 0.1) is 22.9 Å². The van der Waals surface area contributed by atoms with Crippen LogP contribution in [0.25, 0.3) is 11.4 Å². The molecule has 0 fully saturated rings.